The van der Waals surface area contributed by atoms with Gasteiger partial charge in [0.25, 0.3) is 0 Å². The second-order valence-electron chi connectivity index (χ2n) is 7.39. The van der Waals surface area contributed by atoms with E-state index in [2.05, 4.69) is 0 Å². The van der Waals surface area contributed by atoms with Crippen LogP contribution < -0.4 is 4.74 Å². The quantitative estimate of drug-likeness (QED) is 0.387. The summed E-state index contributed by atoms with van der Waals surface area (Å²) in [6.45, 7) is 1.22. The van der Waals surface area contributed by atoms with Gasteiger partial charge in [-0.05, 0) is 13.0 Å². The number of phenols is 1. The van der Waals surface area contributed by atoms with E-state index in [4.69, 9.17) is 14.2 Å². The number of fused-ring (bicyclic) bond motifs is 4. The fourth-order valence-electron chi connectivity index (χ4n) is 4.42. The summed E-state index contributed by atoms with van der Waals surface area (Å²) in [7, 11) is 1.30. The number of rotatable bonds is 1. The molecular formula is C17H18O10. The maximum Gasteiger partial charge on any atom is 0.509 e. The third-order valence-electron chi connectivity index (χ3n) is 5.71. The van der Waals surface area contributed by atoms with E-state index in [1.165, 1.54) is 20.1 Å². The SMILES string of the molecule is COc1cc(O)c2c(c1)[C@H](O)[C@@]1(O)C[C@@](C)(O)[C@H]3OC(=O)O[C@@H]3[C@]1(O)C2=O. The minimum absolute atomic E-state index is 0.100. The first-order valence-corrected chi connectivity index (χ1v) is 8.15. The Bertz CT molecular complexity index is 864. The van der Waals surface area contributed by atoms with Crippen molar-refractivity contribution in [1.82, 2.24) is 0 Å². The van der Waals surface area contributed by atoms with Gasteiger partial charge in [-0.25, -0.2) is 4.79 Å². The van der Waals surface area contributed by atoms with Gasteiger partial charge in [0.15, 0.2) is 12.2 Å². The van der Waals surface area contributed by atoms with Crippen LogP contribution in [0.25, 0.3) is 0 Å². The van der Waals surface area contributed by atoms with Gasteiger partial charge in [0.2, 0.25) is 11.4 Å². The van der Waals surface area contributed by atoms with Gasteiger partial charge in [-0.3, -0.25) is 4.79 Å². The molecule has 0 amide bonds. The fourth-order valence-corrected chi connectivity index (χ4v) is 4.42. The second-order valence-corrected chi connectivity index (χ2v) is 7.39. The van der Waals surface area contributed by atoms with Crippen molar-refractivity contribution < 1.29 is 49.3 Å². The first kappa shape index (κ1) is 18.0. The number of aliphatic hydroxyl groups is 4. The first-order valence-electron chi connectivity index (χ1n) is 8.15. The number of aliphatic hydroxyl groups excluding tert-OH is 1. The predicted octanol–water partition coefficient (Wildman–Crippen LogP) is -0.849. The predicted molar refractivity (Wildman–Crippen MR) is 84.2 cm³/mol. The van der Waals surface area contributed by atoms with E-state index in [0.717, 1.165) is 6.07 Å². The number of methoxy groups -OCH3 is 1. The molecule has 0 bridgehead atoms. The molecule has 0 unspecified atom stereocenters. The molecule has 27 heavy (non-hydrogen) atoms. The molecule has 6 atom stereocenters. The van der Waals surface area contributed by atoms with E-state index >= 15 is 0 Å². The number of ether oxygens (including phenoxy) is 3. The summed E-state index contributed by atoms with van der Waals surface area (Å²) in [6.07, 6.45) is -7.12. The third-order valence-corrected chi connectivity index (χ3v) is 5.71. The normalized spacial score (nSPS) is 42.5. The number of carbonyl (C=O) groups is 2. The summed E-state index contributed by atoms with van der Waals surface area (Å²) in [5.74, 6) is -1.67. The van der Waals surface area contributed by atoms with Crippen molar-refractivity contribution in [3.05, 3.63) is 23.3 Å². The Hall–Kier alpha value is -2.40. The Labute approximate surface area is 152 Å². The molecule has 1 saturated heterocycles. The van der Waals surface area contributed by atoms with Crippen molar-refractivity contribution in [1.29, 1.82) is 0 Å². The zero-order valence-corrected chi connectivity index (χ0v) is 14.4. The van der Waals surface area contributed by atoms with Crippen LogP contribution >= 0.6 is 0 Å². The van der Waals surface area contributed by atoms with Crippen molar-refractivity contribution in [2.45, 2.75) is 48.5 Å². The molecule has 10 heteroatoms. The number of hydrogen-bond acceptors (Lipinski definition) is 10. The molecule has 3 aliphatic rings. The number of aromatic hydroxyl groups is 1. The lowest BCUT2D eigenvalue weighted by atomic mass is 9.55. The molecule has 5 N–H and O–H groups in total. The fraction of sp³-hybridized carbons (Fsp3) is 0.529. The first-order chi connectivity index (χ1) is 12.5. The summed E-state index contributed by atoms with van der Waals surface area (Å²) >= 11 is 0. The standard InChI is InChI=1S/C17H18O10/c1-15(22)5-16(23)10(19)7-3-6(25-2)4-8(18)9(7)11(20)17(16,24)13-12(15)26-14(21)27-13/h3-4,10,12-13,18-19,22-24H,5H2,1-2H3/t10-,12-,13-,15+,16-,17+/m0/s1. The zero-order chi connectivity index (χ0) is 19.9. The largest absolute Gasteiger partial charge is 0.509 e. The molecule has 146 valence electrons. The van der Waals surface area contributed by atoms with Crippen LogP contribution in [0.5, 0.6) is 11.5 Å². The van der Waals surface area contributed by atoms with Gasteiger partial charge in [-0.15, -0.1) is 0 Å². The van der Waals surface area contributed by atoms with Crippen molar-refractivity contribution in [3.63, 3.8) is 0 Å². The Morgan fingerprint density at radius 1 is 1.15 bits per heavy atom. The van der Waals surface area contributed by atoms with Gasteiger partial charge < -0.3 is 39.7 Å². The van der Waals surface area contributed by atoms with Crippen molar-refractivity contribution >= 4 is 11.9 Å². The average Bonchev–Trinajstić information content (AvgIpc) is 3.00. The van der Waals surface area contributed by atoms with Crippen LogP contribution in [0, 0.1) is 0 Å². The van der Waals surface area contributed by atoms with E-state index in [1.54, 1.807) is 0 Å². The maximum absolute atomic E-state index is 13.2. The molecule has 0 radical (unpaired) electrons. The molecule has 1 saturated carbocycles. The summed E-state index contributed by atoms with van der Waals surface area (Å²) in [5.41, 5.74) is -8.04. The lowest BCUT2D eigenvalue weighted by Gasteiger charge is -2.57. The molecule has 2 aliphatic carbocycles. The summed E-state index contributed by atoms with van der Waals surface area (Å²) in [6, 6.07) is 2.33. The minimum Gasteiger partial charge on any atom is -0.507 e. The molecular weight excluding hydrogens is 364 g/mol. The van der Waals surface area contributed by atoms with Crippen LogP contribution in [0.1, 0.15) is 35.4 Å². The number of phenolic OH excluding ortho intramolecular Hbond substituents is 1. The summed E-state index contributed by atoms with van der Waals surface area (Å²) < 4.78 is 14.8. The highest BCUT2D eigenvalue weighted by Gasteiger charge is 2.77. The molecule has 0 aromatic heterocycles. The van der Waals surface area contributed by atoms with Gasteiger partial charge >= 0.3 is 6.16 Å². The molecule has 1 heterocycles. The number of benzene rings is 1. The molecule has 2 fully saturated rings. The van der Waals surface area contributed by atoms with Crippen LogP contribution in [0.15, 0.2) is 12.1 Å². The van der Waals surface area contributed by atoms with E-state index in [1.807, 2.05) is 0 Å². The highest BCUT2D eigenvalue weighted by molar-refractivity contribution is 6.09. The van der Waals surface area contributed by atoms with Crippen LogP contribution in [-0.4, -0.2) is 73.6 Å². The van der Waals surface area contributed by atoms with Crippen molar-refractivity contribution in [2.75, 3.05) is 7.11 Å². The molecule has 1 aromatic rings. The number of carbonyl (C=O) groups excluding carboxylic acids is 2. The van der Waals surface area contributed by atoms with Gasteiger partial charge in [-0.1, -0.05) is 0 Å². The molecule has 4 rings (SSSR count). The van der Waals surface area contributed by atoms with Crippen LogP contribution in [-0.2, 0) is 9.47 Å². The zero-order valence-electron chi connectivity index (χ0n) is 14.4. The lowest BCUT2D eigenvalue weighted by molar-refractivity contribution is -0.279. The van der Waals surface area contributed by atoms with E-state index in [9.17, 15) is 35.1 Å². The van der Waals surface area contributed by atoms with Gasteiger partial charge in [0.1, 0.15) is 28.8 Å². The van der Waals surface area contributed by atoms with Crippen molar-refractivity contribution in [3.8, 4) is 11.5 Å². The smallest absolute Gasteiger partial charge is 0.507 e. The third kappa shape index (κ3) is 1.98. The molecule has 10 nitrogen and oxygen atoms in total. The van der Waals surface area contributed by atoms with Crippen LogP contribution in [0.4, 0.5) is 4.79 Å². The van der Waals surface area contributed by atoms with E-state index < -0.39 is 64.8 Å². The minimum atomic E-state index is -2.86. The molecule has 0 spiro atoms. The van der Waals surface area contributed by atoms with Crippen molar-refractivity contribution in [2.24, 2.45) is 0 Å². The highest BCUT2D eigenvalue weighted by Crippen LogP contribution is 2.57. The highest BCUT2D eigenvalue weighted by atomic mass is 16.8. The summed E-state index contributed by atoms with van der Waals surface area (Å²) in [4.78, 5) is 24.8. The Morgan fingerprint density at radius 3 is 2.41 bits per heavy atom. The lowest BCUT2D eigenvalue weighted by Crippen LogP contribution is -2.79. The number of ketones is 1. The Morgan fingerprint density at radius 2 is 1.78 bits per heavy atom. The maximum atomic E-state index is 13.2. The molecule has 1 aromatic carbocycles. The number of hydrogen-bond donors (Lipinski definition) is 5. The van der Waals surface area contributed by atoms with Crippen LogP contribution in [0.2, 0.25) is 0 Å². The van der Waals surface area contributed by atoms with Gasteiger partial charge in [0, 0.05) is 18.1 Å². The molecule has 1 aliphatic heterocycles. The Kier molecular flexibility index (Phi) is 3.40. The van der Waals surface area contributed by atoms with E-state index in [-0.39, 0.29) is 11.3 Å². The number of Topliss-reactive ketones (excluding diaryl/α,β-unsaturated/α-hetero) is 1. The van der Waals surface area contributed by atoms with E-state index in [0.29, 0.717) is 0 Å². The second kappa shape index (κ2) is 5.10. The summed E-state index contributed by atoms with van der Waals surface area (Å²) in [5, 5.41) is 54.2. The van der Waals surface area contributed by atoms with Gasteiger partial charge in [-0.2, -0.15) is 0 Å². The topological polar surface area (TPSA) is 163 Å². The monoisotopic (exact) mass is 382 g/mol. The van der Waals surface area contributed by atoms with Crippen LogP contribution in [0.3, 0.4) is 0 Å². The Balaban J connectivity index is 1.99. The van der Waals surface area contributed by atoms with Gasteiger partial charge in [0.05, 0.1) is 12.7 Å². The average molecular weight is 382 g/mol.